The molecule has 0 saturated carbocycles. The van der Waals surface area contributed by atoms with Crippen molar-refractivity contribution in [3.05, 3.63) is 34.4 Å². The highest BCUT2D eigenvalue weighted by Crippen LogP contribution is 2.26. The van der Waals surface area contributed by atoms with Gasteiger partial charge in [-0.3, -0.25) is 4.79 Å². The molecule has 2 aromatic rings. The van der Waals surface area contributed by atoms with Gasteiger partial charge in [-0.15, -0.1) is 0 Å². The van der Waals surface area contributed by atoms with Crippen LogP contribution in [-0.2, 0) is 0 Å². The van der Waals surface area contributed by atoms with Crippen molar-refractivity contribution >= 4 is 32.7 Å². The zero-order valence-electron chi connectivity index (χ0n) is 10.7. The molecule has 1 aromatic carbocycles. The highest BCUT2D eigenvalue weighted by molar-refractivity contribution is 9.10. The SMILES string of the molecule is CC(CCCO)NC(=O)c1c[nH]c2cccc(Br)c12. The fraction of sp³-hybridized carbons (Fsp3) is 0.357. The zero-order valence-corrected chi connectivity index (χ0v) is 12.3. The fourth-order valence-corrected chi connectivity index (χ4v) is 2.67. The minimum atomic E-state index is -0.0939. The molecule has 5 heteroatoms. The Balaban J connectivity index is 2.18. The van der Waals surface area contributed by atoms with Crippen LogP contribution in [0.1, 0.15) is 30.1 Å². The van der Waals surface area contributed by atoms with Crippen molar-refractivity contribution in [3.8, 4) is 0 Å². The average molecular weight is 325 g/mol. The van der Waals surface area contributed by atoms with Crippen molar-refractivity contribution in [2.75, 3.05) is 6.61 Å². The van der Waals surface area contributed by atoms with Gasteiger partial charge < -0.3 is 15.4 Å². The summed E-state index contributed by atoms with van der Waals surface area (Å²) in [6, 6.07) is 5.83. The molecule has 4 nitrogen and oxygen atoms in total. The molecule has 19 heavy (non-hydrogen) atoms. The topological polar surface area (TPSA) is 65.1 Å². The van der Waals surface area contributed by atoms with Crippen molar-refractivity contribution in [1.82, 2.24) is 10.3 Å². The maximum Gasteiger partial charge on any atom is 0.253 e. The van der Waals surface area contributed by atoms with Crippen LogP contribution in [0.25, 0.3) is 10.9 Å². The highest BCUT2D eigenvalue weighted by Gasteiger charge is 2.15. The lowest BCUT2D eigenvalue weighted by molar-refractivity contribution is 0.0938. The van der Waals surface area contributed by atoms with Gasteiger partial charge in [0.15, 0.2) is 0 Å². The summed E-state index contributed by atoms with van der Waals surface area (Å²) in [6.07, 6.45) is 3.19. The van der Waals surface area contributed by atoms with Gasteiger partial charge in [0.1, 0.15) is 0 Å². The molecule has 0 bridgehead atoms. The number of rotatable bonds is 5. The van der Waals surface area contributed by atoms with E-state index in [1.54, 1.807) is 6.20 Å². The Kier molecular flexibility index (Phi) is 4.61. The van der Waals surface area contributed by atoms with Crippen LogP contribution < -0.4 is 5.32 Å². The second-order valence-electron chi connectivity index (χ2n) is 4.61. The van der Waals surface area contributed by atoms with Crippen molar-refractivity contribution in [3.63, 3.8) is 0 Å². The first kappa shape index (κ1) is 14.1. The van der Waals surface area contributed by atoms with Gasteiger partial charge in [0.2, 0.25) is 0 Å². The van der Waals surface area contributed by atoms with Crippen molar-refractivity contribution in [1.29, 1.82) is 0 Å². The Bertz CT molecular complexity index is 580. The largest absolute Gasteiger partial charge is 0.396 e. The lowest BCUT2D eigenvalue weighted by Gasteiger charge is -2.12. The molecule has 0 radical (unpaired) electrons. The number of halogens is 1. The van der Waals surface area contributed by atoms with E-state index < -0.39 is 0 Å². The van der Waals surface area contributed by atoms with Gasteiger partial charge in [-0.1, -0.05) is 22.0 Å². The molecule has 1 amide bonds. The molecule has 0 aliphatic carbocycles. The number of hydrogen-bond donors (Lipinski definition) is 3. The number of H-pyrrole nitrogens is 1. The predicted octanol–water partition coefficient (Wildman–Crippen LogP) is 2.82. The average Bonchev–Trinajstić information content (AvgIpc) is 2.81. The summed E-state index contributed by atoms with van der Waals surface area (Å²) < 4.78 is 0.902. The van der Waals surface area contributed by atoms with Crippen molar-refractivity contribution in [2.24, 2.45) is 0 Å². The van der Waals surface area contributed by atoms with E-state index in [-0.39, 0.29) is 18.6 Å². The Morgan fingerprint density at radius 2 is 2.32 bits per heavy atom. The Morgan fingerprint density at radius 3 is 3.05 bits per heavy atom. The molecule has 1 unspecified atom stereocenters. The van der Waals surface area contributed by atoms with Gasteiger partial charge in [0, 0.05) is 34.2 Å². The van der Waals surface area contributed by atoms with Crippen LogP contribution >= 0.6 is 15.9 Å². The Labute approximate surface area is 120 Å². The Hall–Kier alpha value is -1.33. The molecular formula is C14H17BrN2O2. The summed E-state index contributed by atoms with van der Waals surface area (Å²) in [5.74, 6) is -0.0939. The first-order chi connectivity index (χ1) is 9.13. The molecule has 0 fully saturated rings. The third kappa shape index (κ3) is 3.16. The summed E-state index contributed by atoms with van der Waals surface area (Å²) >= 11 is 3.47. The Morgan fingerprint density at radius 1 is 1.53 bits per heavy atom. The third-order valence-corrected chi connectivity index (χ3v) is 3.73. The molecule has 0 aliphatic rings. The first-order valence-corrected chi connectivity index (χ1v) is 7.10. The van der Waals surface area contributed by atoms with Crippen LogP contribution in [0.15, 0.2) is 28.9 Å². The van der Waals surface area contributed by atoms with Gasteiger partial charge in [-0.25, -0.2) is 0 Å². The number of aromatic nitrogens is 1. The summed E-state index contributed by atoms with van der Waals surface area (Å²) in [5, 5.41) is 12.6. The number of benzene rings is 1. The zero-order chi connectivity index (χ0) is 13.8. The number of aromatic amines is 1. The van der Waals surface area contributed by atoms with E-state index in [0.717, 1.165) is 21.8 Å². The maximum absolute atomic E-state index is 12.2. The molecule has 2 rings (SSSR count). The summed E-state index contributed by atoms with van der Waals surface area (Å²) in [7, 11) is 0. The molecule has 1 aromatic heterocycles. The first-order valence-electron chi connectivity index (χ1n) is 6.30. The minimum Gasteiger partial charge on any atom is -0.396 e. The molecule has 0 aliphatic heterocycles. The van der Waals surface area contributed by atoms with E-state index in [4.69, 9.17) is 5.11 Å². The number of carbonyl (C=O) groups excluding carboxylic acids is 1. The van der Waals surface area contributed by atoms with E-state index in [2.05, 4.69) is 26.2 Å². The normalized spacial score (nSPS) is 12.6. The lowest BCUT2D eigenvalue weighted by atomic mass is 10.1. The smallest absolute Gasteiger partial charge is 0.253 e. The van der Waals surface area contributed by atoms with Crippen LogP contribution in [-0.4, -0.2) is 28.6 Å². The van der Waals surface area contributed by atoms with E-state index in [1.165, 1.54) is 0 Å². The minimum absolute atomic E-state index is 0.0482. The van der Waals surface area contributed by atoms with Crippen molar-refractivity contribution < 1.29 is 9.90 Å². The fourth-order valence-electron chi connectivity index (χ4n) is 2.09. The van der Waals surface area contributed by atoms with Crippen LogP contribution in [0.3, 0.4) is 0 Å². The molecule has 1 heterocycles. The standard InChI is InChI=1S/C14H17BrN2O2/c1-9(4-3-7-18)17-14(19)10-8-16-12-6-2-5-11(15)13(10)12/h2,5-6,8-9,16,18H,3-4,7H2,1H3,(H,17,19). The summed E-state index contributed by atoms with van der Waals surface area (Å²) in [4.78, 5) is 15.3. The number of fused-ring (bicyclic) bond motifs is 1. The van der Waals surface area contributed by atoms with Gasteiger partial charge in [0.25, 0.3) is 5.91 Å². The van der Waals surface area contributed by atoms with Crippen molar-refractivity contribution in [2.45, 2.75) is 25.8 Å². The van der Waals surface area contributed by atoms with Gasteiger partial charge >= 0.3 is 0 Å². The number of amides is 1. The van der Waals surface area contributed by atoms with Gasteiger partial charge in [-0.2, -0.15) is 0 Å². The van der Waals surface area contributed by atoms with E-state index in [0.29, 0.717) is 12.0 Å². The van der Waals surface area contributed by atoms with Crippen LogP contribution in [0, 0.1) is 0 Å². The van der Waals surface area contributed by atoms with Crippen LogP contribution in [0.4, 0.5) is 0 Å². The molecule has 102 valence electrons. The number of carbonyl (C=O) groups is 1. The van der Waals surface area contributed by atoms with E-state index in [1.807, 2.05) is 25.1 Å². The third-order valence-electron chi connectivity index (χ3n) is 3.07. The highest BCUT2D eigenvalue weighted by atomic mass is 79.9. The second-order valence-corrected chi connectivity index (χ2v) is 5.46. The second kappa shape index (κ2) is 6.21. The van der Waals surface area contributed by atoms with Gasteiger partial charge in [0.05, 0.1) is 5.56 Å². The van der Waals surface area contributed by atoms with Crippen LogP contribution in [0.5, 0.6) is 0 Å². The maximum atomic E-state index is 12.2. The number of aliphatic hydroxyl groups is 1. The number of aliphatic hydroxyl groups excluding tert-OH is 1. The van der Waals surface area contributed by atoms with Crippen LogP contribution in [0.2, 0.25) is 0 Å². The lowest BCUT2D eigenvalue weighted by Crippen LogP contribution is -2.32. The number of nitrogens with one attached hydrogen (secondary N) is 2. The molecular weight excluding hydrogens is 308 g/mol. The number of hydrogen-bond acceptors (Lipinski definition) is 2. The van der Waals surface area contributed by atoms with Gasteiger partial charge in [-0.05, 0) is 31.9 Å². The molecule has 1 atom stereocenters. The monoisotopic (exact) mass is 324 g/mol. The molecule has 3 N–H and O–H groups in total. The predicted molar refractivity (Wildman–Crippen MR) is 79.2 cm³/mol. The summed E-state index contributed by atoms with van der Waals surface area (Å²) in [5.41, 5.74) is 1.57. The molecule has 0 saturated heterocycles. The summed E-state index contributed by atoms with van der Waals surface area (Å²) in [6.45, 7) is 2.09. The molecule has 0 spiro atoms. The van der Waals surface area contributed by atoms with E-state index in [9.17, 15) is 4.79 Å². The van der Waals surface area contributed by atoms with E-state index >= 15 is 0 Å². The quantitative estimate of drug-likeness (QED) is 0.791.